The Kier molecular flexibility index (Phi) is 5.93. The Balaban J connectivity index is 1.72. The molecule has 1 aromatic carbocycles. The zero-order valence-corrected chi connectivity index (χ0v) is 16.9. The number of anilines is 1. The molecule has 0 spiro atoms. The molecular weight excluding hydrogens is 385 g/mol. The number of hydrogen-bond donors (Lipinski definition) is 0. The summed E-state index contributed by atoms with van der Waals surface area (Å²) >= 11 is 6.06. The van der Waals surface area contributed by atoms with Crippen LogP contribution in [0.3, 0.4) is 0 Å². The Morgan fingerprint density at radius 3 is 2.50 bits per heavy atom. The molecule has 0 N–H and O–H groups in total. The lowest BCUT2D eigenvalue weighted by molar-refractivity contribution is 0.0240. The molecule has 1 fully saturated rings. The maximum atomic E-state index is 14.1. The molecule has 1 aliphatic heterocycles. The fraction of sp³-hybridized carbons (Fsp3) is 0.400. The number of amides is 1. The number of hydrogen-bond acceptors (Lipinski definition) is 5. The van der Waals surface area contributed by atoms with Gasteiger partial charge in [-0.15, -0.1) is 0 Å². The van der Waals surface area contributed by atoms with E-state index in [9.17, 15) is 9.18 Å². The van der Waals surface area contributed by atoms with Crippen LogP contribution in [0, 0.1) is 5.82 Å². The first-order valence-corrected chi connectivity index (χ1v) is 9.42. The van der Waals surface area contributed by atoms with Crippen molar-refractivity contribution < 1.29 is 18.7 Å². The number of pyridine rings is 1. The van der Waals surface area contributed by atoms with Crippen molar-refractivity contribution in [1.29, 1.82) is 0 Å². The van der Waals surface area contributed by atoms with Gasteiger partial charge in [0, 0.05) is 32.4 Å². The molecule has 0 radical (unpaired) electrons. The van der Waals surface area contributed by atoms with Gasteiger partial charge in [0.15, 0.2) is 11.6 Å². The number of halogens is 2. The number of ether oxygens (including phenoxy) is 2. The van der Waals surface area contributed by atoms with Gasteiger partial charge in [0.05, 0.1) is 5.02 Å². The number of aromatic nitrogens is 1. The number of nitrogens with zero attached hydrogens (tertiary/aromatic N) is 3. The molecular formula is C20H23ClFN3O3. The van der Waals surface area contributed by atoms with E-state index in [1.54, 1.807) is 23.2 Å². The molecule has 1 aliphatic rings. The molecule has 0 atom stereocenters. The third-order valence-corrected chi connectivity index (χ3v) is 4.44. The van der Waals surface area contributed by atoms with Crippen molar-refractivity contribution in [2.45, 2.75) is 26.4 Å². The normalized spacial score (nSPS) is 14.8. The van der Waals surface area contributed by atoms with Gasteiger partial charge in [0.25, 0.3) is 0 Å². The van der Waals surface area contributed by atoms with Gasteiger partial charge in [-0.2, -0.15) is 0 Å². The van der Waals surface area contributed by atoms with Crippen LogP contribution in [0.25, 0.3) is 0 Å². The van der Waals surface area contributed by atoms with Crippen molar-refractivity contribution in [3.63, 3.8) is 0 Å². The van der Waals surface area contributed by atoms with Crippen molar-refractivity contribution in [2.75, 3.05) is 31.1 Å². The molecule has 28 heavy (non-hydrogen) atoms. The summed E-state index contributed by atoms with van der Waals surface area (Å²) in [4.78, 5) is 20.2. The molecule has 0 saturated carbocycles. The Morgan fingerprint density at radius 2 is 1.86 bits per heavy atom. The minimum atomic E-state index is -0.557. The number of benzene rings is 1. The van der Waals surface area contributed by atoms with E-state index in [1.165, 1.54) is 12.1 Å². The Hall–Kier alpha value is -2.54. The highest BCUT2D eigenvalue weighted by Gasteiger charge is 2.27. The summed E-state index contributed by atoms with van der Waals surface area (Å²) in [5.74, 6) is -0.351. The van der Waals surface area contributed by atoms with Gasteiger partial charge in [-0.05, 0) is 45.0 Å². The van der Waals surface area contributed by atoms with Gasteiger partial charge in [-0.1, -0.05) is 17.7 Å². The summed E-state index contributed by atoms with van der Waals surface area (Å²) in [5.41, 5.74) is 0.183. The minimum absolute atomic E-state index is 0.0588. The van der Waals surface area contributed by atoms with E-state index < -0.39 is 11.4 Å². The summed E-state index contributed by atoms with van der Waals surface area (Å²) in [5, 5.41) is 0.173. The average Bonchev–Trinajstić information content (AvgIpc) is 2.64. The van der Waals surface area contributed by atoms with Gasteiger partial charge in [0.2, 0.25) is 5.88 Å². The van der Waals surface area contributed by atoms with E-state index in [4.69, 9.17) is 21.1 Å². The lowest BCUT2D eigenvalue weighted by atomic mass is 10.2. The first-order valence-electron chi connectivity index (χ1n) is 9.04. The summed E-state index contributed by atoms with van der Waals surface area (Å²) < 4.78 is 25.2. The molecule has 2 aromatic rings. The molecule has 1 saturated heterocycles. The van der Waals surface area contributed by atoms with Gasteiger partial charge >= 0.3 is 6.09 Å². The first-order chi connectivity index (χ1) is 13.2. The van der Waals surface area contributed by atoms with Crippen molar-refractivity contribution in [2.24, 2.45) is 0 Å². The average molecular weight is 408 g/mol. The summed E-state index contributed by atoms with van der Waals surface area (Å²) in [7, 11) is 0. The van der Waals surface area contributed by atoms with Gasteiger partial charge < -0.3 is 19.3 Å². The van der Waals surface area contributed by atoms with Crippen molar-refractivity contribution >= 4 is 23.4 Å². The molecule has 0 bridgehead atoms. The van der Waals surface area contributed by atoms with Crippen LogP contribution in [0.5, 0.6) is 11.6 Å². The molecule has 3 rings (SSSR count). The second-order valence-corrected chi connectivity index (χ2v) is 7.84. The maximum absolute atomic E-state index is 14.1. The van der Waals surface area contributed by atoms with Gasteiger partial charge in [-0.25, -0.2) is 14.2 Å². The second kappa shape index (κ2) is 8.22. The van der Waals surface area contributed by atoms with Crippen molar-refractivity contribution in [3.8, 4) is 11.6 Å². The van der Waals surface area contributed by atoms with Crippen LogP contribution in [-0.4, -0.2) is 47.8 Å². The molecule has 8 heteroatoms. The largest absolute Gasteiger partial charge is 0.444 e. The number of carbonyl (C=O) groups excluding carboxylic acids is 1. The van der Waals surface area contributed by atoms with E-state index in [0.717, 1.165) is 0 Å². The molecule has 1 amide bonds. The van der Waals surface area contributed by atoms with E-state index in [2.05, 4.69) is 4.98 Å². The Bertz CT molecular complexity index is 829. The predicted octanol–water partition coefficient (Wildman–Crippen LogP) is 4.72. The monoisotopic (exact) mass is 407 g/mol. The van der Waals surface area contributed by atoms with E-state index >= 15 is 0 Å². The SMILES string of the molecule is CC(C)(C)OC(=O)N1CCN(c2cccnc2Oc2c(F)cccc2Cl)CC1. The van der Waals surface area contributed by atoms with Crippen LogP contribution in [0.1, 0.15) is 20.8 Å². The van der Waals surface area contributed by atoms with Crippen LogP contribution in [0.2, 0.25) is 5.02 Å². The van der Waals surface area contributed by atoms with Gasteiger partial charge in [0.1, 0.15) is 11.3 Å². The Morgan fingerprint density at radius 1 is 1.14 bits per heavy atom. The Labute approximate surface area is 168 Å². The highest BCUT2D eigenvalue weighted by atomic mass is 35.5. The predicted molar refractivity (Wildman–Crippen MR) is 106 cm³/mol. The fourth-order valence-electron chi connectivity index (χ4n) is 2.83. The maximum Gasteiger partial charge on any atom is 0.410 e. The lowest BCUT2D eigenvalue weighted by Gasteiger charge is -2.36. The minimum Gasteiger partial charge on any atom is -0.444 e. The second-order valence-electron chi connectivity index (χ2n) is 7.43. The van der Waals surface area contributed by atoms with Gasteiger partial charge in [-0.3, -0.25) is 0 Å². The van der Waals surface area contributed by atoms with Crippen LogP contribution in [0.15, 0.2) is 36.5 Å². The lowest BCUT2D eigenvalue weighted by Crippen LogP contribution is -2.50. The quantitative estimate of drug-likeness (QED) is 0.736. The summed E-state index contributed by atoms with van der Waals surface area (Å²) in [6.07, 6.45) is 1.25. The number of para-hydroxylation sites is 1. The summed E-state index contributed by atoms with van der Waals surface area (Å²) in [6.45, 7) is 7.68. The number of carbonyl (C=O) groups is 1. The van der Waals surface area contributed by atoms with Crippen LogP contribution < -0.4 is 9.64 Å². The molecule has 6 nitrogen and oxygen atoms in total. The zero-order chi connectivity index (χ0) is 20.3. The fourth-order valence-corrected chi connectivity index (χ4v) is 3.04. The van der Waals surface area contributed by atoms with Crippen molar-refractivity contribution in [1.82, 2.24) is 9.88 Å². The van der Waals surface area contributed by atoms with E-state index in [1.807, 2.05) is 31.7 Å². The molecule has 0 aliphatic carbocycles. The van der Waals surface area contributed by atoms with Crippen LogP contribution in [0.4, 0.5) is 14.9 Å². The molecule has 2 heterocycles. The third-order valence-electron chi connectivity index (χ3n) is 4.14. The van der Waals surface area contributed by atoms with E-state index in [-0.39, 0.29) is 22.7 Å². The summed E-state index contributed by atoms with van der Waals surface area (Å²) in [6, 6.07) is 7.98. The smallest absolute Gasteiger partial charge is 0.410 e. The topological polar surface area (TPSA) is 54.9 Å². The number of rotatable bonds is 3. The zero-order valence-electron chi connectivity index (χ0n) is 16.1. The highest BCUT2D eigenvalue weighted by molar-refractivity contribution is 6.32. The van der Waals surface area contributed by atoms with Crippen LogP contribution in [-0.2, 0) is 4.74 Å². The number of piperazine rings is 1. The van der Waals surface area contributed by atoms with Crippen molar-refractivity contribution in [3.05, 3.63) is 47.4 Å². The first kappa shape index (κ1) is 20.2. The van der Waals surface area contributed by atoms with E-state index in [0.29, 0.717) is 31.9 Å². The molecule has 1 aromatic heterocycles. The standard InChI is InChI=1S/C20H23ClFN3O3/c1-20(2,3)28-19(26)25-12-10-24(11-13-25)16-8-5-9-23-18(16)27-17-14(21)6-4-7-15(17)22/h4-9H,10-13H2,1-3H3. The molecule has 150 valence electrons. The third kappa shape index (κ3) is 4.84. The van der Waals surface area contributed by atoms with Crippen LogP contribution >= 0.6 is 11.6 Å². The molecule has 0 unspecified atom stereocenters. The highest BCUT2D eigenvalue weighted by Crippen LogP contribution is 2.35.